The molecule has 2 heterocycles. The molecule has 2 unspecified atom stereocenters. The first-order valence-electron chi connectivity index (χ1n) is 9.22. The summed E-state index contributed by atoms with van der Waals surface area (Å²) in [5.41, 5.74) is 0. The lowest BCUT2D eigenvalue weighted by Crippen LogP contribution is -2.53. The molecule has 24 heavy (non-hydrogen) atoms. The minimum Gasteiger partial charge on any atom is -0.467 e. The van der Waals surface area contributed by atoms with Crippen LogP contribution < -0.4 is 10.6 Å². The molecule has 3 N–H and O–H groups in total. The maximum absolute atomic E-state index is 12.1. The zero-order chi connectivity index (χ0) is 16.8. The predicted molar refractivity (Wildman–Crippen MR) is 91.7 cm³/mol. The fourth-order valence-corrected chi connectivity index (χ4v) is 3.91. The number of urea groups is 1. The Bertz CT molecular complexity index is 500. The molecular weight excluding hydrogens is 306 g/mol. The standard InChI is InChI=1S/C18H29N3O3/c22-16(17-9-5-11-24-17)12-19-18(23)20-14-6-4-10-21(13-14)15-7-2-1-3-8-15/h5,9,11,14-16,22H,1-4,6-8,10,12-13H2,(H2,19,20,23). The van der Waals surface area contributed by atoms with Gasteiger partial charge in [-0.2, -0.15) is 0 Å². The molecule has 1 aromatic heterocycles. The molecule has 2 aliphatic rings. The van der Waals surface area contributed by atoms with Crippen LogP contribution in [0.3, 0.4) is 0 Å². The second-order valence-electron chi connectivity index (χ2n) is 7.01. The third kappa shape index (κ3) is 4.74. The fraction of sp³-hybridized carbons (Fsp3) is 0.722. The van der Waals surface area contributed by atoms with Crippen LogP contribution >= 0.6 is 0 Å². The monoisotopic (exact) mass is 335 g/mol. The lowest BCUT2D eigenvalue weighted by Gasteiger charge is -2.40. The highest BCUT2D eigenvalue weighted by Gasteiger charge is 2.27. The summed E-state index contributed by atoms with van der Waals surface area (Å²) < 4.78 is 5.13. The van der Waals surface area contributed by atoms with Crippen molar-refractivity contribution in [2.24, 2.45) is 0 Å². The Morgan fingerprint density at radius 3 is 2.88 bits per heavy atom. The van der Waals surface area contributed by atoms with E-state index in [9.17, 15) is 9.90 Å². The van der Waals surface area contributed by atoms with Crippen molar-refractivity contribution in [3.63, 3.8) is 0 Å². The van der Waals surface area contributed by atoms with Gasteiger partial charge in [0.25, 0.3) is 0 Å². The van der Waals surface area contributed by atoms with E-state index in [1.165, 1.54) is 38.4 Å². The third-order valence-electron chi connectivity index (χ3n) is 5.21. The number of aliphatic hydroxyl groups excluding tert-OH is 1. The maximum Gasteiger partial charge on any atom is 0.315 e. The van der Waals surface area contributed by atoms with Crippen molar-refractivity contribution in [3.05, 3.63) is 24.2 Å². The summed E-state index contributed by atoms with van der Waals surface area (Å²) in [6.07, 6.45) is 9.51. The van der Waals surface area contributed by atoms with Crippen LogP contribution in [0.5, 0.6) is 0 Å². The van der Waals surface area contributed by atoms with Gasteiger partial charge in [-0.05, 0) is 44.4 Å². The quantitative estimate of drug-likeness (QED) is 0.772. The highest BCUT2D eigenvalue weighted by molar-refractivity contribution is 5.74. The van der Waals surface area contributed by atoms with E-state index in [0.29, 0.717) is 11.8 Å². The number of amides is 2. The molecule has 0 aromatic carbocycles. The topological polar surface area (TPSA) is 77.7 Å². The molecule has 1 aromatic rings. The fourth-order valence-electron chi connectivity index (χ4n) is 3.91. The van der Waals surface area contributed by atoms with Crippen LogP contribution in [0.15, 0.2) is 22.8 Å². The van der Waals surface area contributed by atoms with Crippen molar-refractivity contribution >= 4 is 6.03 Å². The number of rotatable bonds is 5. The molecule has 2 atom stereocenters. The Labute approximate surface area is 143 Å². The van der Waals surface area contributed by atoms with Gasteiger partial charge in [-0.1, -0.05) is 19.3 Å². The number of piperidine rings is 1. The van der Waals surface area contributed by atoms with E-state index in [-0.39, 0.29) is 18.6 Å². The molecule has 6 nitrogen and oxygen atoms in total. The minimum atomic E-state index is -0.809. The summed E-state index contributed by atoms with van der Waals surface area (Å²) in [5.74, 6) is 0.469. The van der Waals surface area contributed by atoms with Crippen molar-refractivity contribution in [1.82, 2.24) is 15.5 Å². The second kappa shape index (κ2) is 8.53. The van der Waals surface area contributed by atoms with Gasteiger partial charge in [0.1, 0.15) is 11.9 Å². The lowest BCUT2D eigenvalue weighted by atomic mass is 9.92. The van der Waals surface area contributed by atoms with Gasteiger partial charge < -0.3 is 20.2 Å². The molecule has 6 heteroatoms. The summed E-state index contributed by atoms with van der Waals surface area (Å²) in [6.45, 7) is 2.25. The van der Waals surface area contributed by atoms with Gasteiger partial charge in [0.2, 0.25) is 0 Å². The van der Waals surface area contributed by atoms with Crippen LogP contribution in [-0.2, 0) is 0 Å². The van der Waals surface area contributed by atoms with Crippen molar-refractivity contribution in [1.29, 1.82) is 0 Å². The van der Waals surface area contributed by atoms with E-state index in [2.05, 4.69) is 15.5 Å². The van der Waals surface area contributed by atoms with E-state index in [0.717, 1.165) is 25.9 Å². The molecule has 0 spiro atoms. The number of furan rings is 1. The number of hydrogen-bond donors (Lipinski definition) is 3. The van der Waals surface area contributed by atoms with Crippen LogP contribution in [0, 0.1) is 0 Å². The zero-order valence-electron chi connectivity index (χ0n) is 14.2. The summed E-state index contributed by atoms with van der Waals surface area (Å²) in [5, 5.41) is 15.7. The number of aliphatic hydroxyl groups is 1. The van der Waals surface area contributed by atoms with Crippen molar-refractivity contribution in [2.75, 3.05) is 19.6 Å². The van der Waals surface area contributed by atoms with Gasteiger partial charge in [-0.3, -0.25) is 4.90 Å². The van der Waals surface area contributed by atoms with E-state index in [4.69, 9.17) is 4.42 Å². The van der Waals surface area contributed by atoms with Crippen LogP contribution in [0.4, 0.5) is 4.79 Å². The molecule has 1 aliphatic heterocycles. The SMILES string of the molecule is O=C(NCC(O)c1ccco1)NC1CCCN(C2CCCCC2)C1. The van der Waals surface area contributed by atoms with E-state index < -0.39 is 6.10 Å². The minimum absolute atomic E-state index is 0.151. The molecular formula is C18H29N3O3. The molecule has 3 rings (SSSR count). The predicted octanol–water partition coefficient (Wildman–Crippen LogP) is 2.41. The van der Waals surface area contributed by atoms with Crippen molar-refractivity contribution in [3.8, 4) is 0 Å². The molecule has 134 valence electrons. The molecule has 0 bridgehead atoms. The second-order valence-corrected chi connectivity index (χ2v) is 7.01. The highest BCUT2D eigenvalue weighted by Crippen LogP contribution is 2.25. The smallest absolute Gasteiger partial charge is 0.315 e. The summed E-state index contributed by atoms with van der Waals surface area (Å²) in [6, 6.07) is 4.11. The van der Waals surface area contributed by atoms with E-state index in [1.807, 2.05) is 0 Å². The van der Waals surface area contributed by atoms with E-state index >= 15 is 0 Å². The normalized spacial score (nSPS) is 24.5. The average Bonchev–Trinajstić information content (AvgIpc) is 3.15. The first kappa shape index (κ1) is 17.3. The highest BCUT2D eigenvalue weighted by atomic mass is 16.4. The van der Waals surface area contributed by atoms with E-state index in [1.54, 1.807) is 12.1 Å². The van der Waals surface area contributed by atoms with Crippen molar-refractivity contribution < 1.29 is 14.3 Å². The Morgan fingerprint density at radius 2 is 2.12 bits per heavy atom. The number of hydrogen-bond acceptors (Lipinski definition) is 4. The Hall–Kier alpha value is -1.53. The van der Waals surface area contributed by atoms with Gasteiger partial charge in [0, 0.05) is 18.6 Å². The lowest BCUT2D eigenvalue weighted by molar-refractivity contribution is 0.111. The number of nitrogens with zero attached hydrogens (tertiary/aromatic N) is 1. The first-order valence-corrected chi connectivity index (χ1v) is 9.22. The van der Waals surface area contributed by atoms with Gasteiger partial charge in [-0.15, -0.1) is 0 Å². The number of nitrogens with one attached hydrogen (secondary N) is 2. The average molecular weight is 335 g/mol. The molecule has 2 fully saturated rings. The maximum atomic E-state index is 12.1. The third-order valence-corrected chi connectivity index (χ3v) is 5.21. The summed E-state index contributed by atoms with van der Waals surface area (Å²) in [4.78, 5) is 14.6. The summed E-state index contributed by atoms with van der Waals surface area (Å²) in [7, 11) is 0. The van der Waals surface area contributed by atoms with Crippen LogP contribution in [0.2, 0.25) is 0 Å². The number of carbonyl (C=O) groups is 1. The van der Waals surface area contributed by atoms with Crippen molar-refractivity contribution in [2.45, 2.75) is 63.1 Å². The number of carbonyl (C=O) groups excluding carboxylic acids is 1. The van der Waals surface area contributed by atoms with Crippen LogP contribution in [-0.4, -0.2) is 47.8 Å². The van der Waals surface area contributed by atoms with Gasteiger partial charge in [-0.25, -0.2) is 4.79 Å². The molecule has 0 radical (unpaired) electrons. The Kier molecular flexibility index (Phi) is 6.15. The molecule has 1 saturated heterocycles. The van der Waals surface area contributed by atoms with Gasteiger partial charge in [0.05, 0.1) is 12.8 Å². The number of likely N-dealkylation sites (tertiary alicyclic amines) is 1. The summed E-state index contributed by atoms with van der Waals surface area (Å²) >= 11 is 0. The first-order chi connectivity index (χ1) is 11.7. The molecule has 2 amide bonds. The largest absolute Gasteiger partial charge is 0.467 e. The van der Waals surface area contributed by atoms with Crippen LogP contribution in [0.1, 0.15) is 56.8 Å². The zero-order valence-corrected chi connectivity index (χ0v) is 14.2. The van der Waals surface area contributed by atoms with Gasteiger partial charge in [0.15, 0.2) is 0 Å². The Morgan fingerprint density at radius 1 is 1.29 bits per heavy atom. The van der Waals surface area contributed by atoms with Gasteiger partial charge >= 0.3 is 6.03 Å². The Balaban J connectivity index is 1.40. The molecule has 1 saturated carbocycles. The molecule has 1 aliphatic carbocycles. The van der Waals surface area contributed by atoms with Crippen LogP contribution in [0.25, 0.3) is 0 Å².